The van der Waals surface area contributed by atoms with Crippen molar-refractivity contribution in [3.05, 3.63) is 30.3 Å². The van der Waals surface area contributed by atoms with Crippen molar-refractivity contribution in [1.82, 2.24) is 4.98 Å². The number of rotatable bonds is 9. The standard InChI is InChI=1S/C15H21N3O3/c16-5-6-19-7-8-20-9-10-21-13-2-3-14-12(11-13)1-4-15(17)18-14/h1-4,11H,5-10,16H2,(H2,17,18). The number of nitrogen functional groups attached to an aromatic ring is 1. The first-order valence-corrected chi connectivity index (χ1v) is 6.94. The van der Waals surface area contributed by atoms with Gasteiger partial charge < -0.3 is 25.7 Å². The molecule has 0 fully saturated rings. The predicted molar refractivity (Wildman–Crippen MR) is 82.3 cm³/mol. The monoisotopic (exact) mass is 291 g/mol. The lowest BCUT2D eigenvalue weighted by Gasteiger charge is -2.08. The van der Waals surface area contributed by atoms with Gasteiger partial charge in [0.2, 0.25) is 0 Å². The molecule has 2 rings (SSSR count). The first-order valence-electron chi connectivity index (χ1n) is 6.94. The van der Waals surface area contributed by atoms with Crippen molar-refractivity contribution in [2.24, 2.45) is 5.73 Å². The molecule has 0 aliphatic heterocycles. The van der Waals surface area contributed by atoms with E-state index in [1.54, 1.807) is 6.07 Å². The molecular formula is C15H21N3O3. The van der Waals surface area contributed by atoms with Gasteiger partial charge in [0.25, 0.3) is 0 Å². The Morgan fingerprint density at radius 1 is 0.905 bits per heavy atom. The summed E-state index contributed by atoms with van der Waals surface area (Å²) < 4.78 is 16.2. The Morgan fingerprint density at radius 2 is 1.67 bits per heavy atom. The summed E-state index contributed by atoms with van der Waals surface area (Å²) in [7, 11) is 0. The van der Waals surface area contributed by atoms with Crippen LogP contribution in [0.2, 0.25) is 0 Å². The first kappa shape index (κ1) is 15.5. The molecule has 0 aliphatic carbocycles. The maximum atomic E-state index is 5.64. The van der Waals surface area contributed by atoms with Gasteiger partial charge in [-0.25, -0.2) is 4.98 Å². The lowest BCUT2D eigenvalue weighted by molar-refractivity contribution is 0.0388. The third-order valence-corrected chi connectivity index (χ3v) is 2.81. The molecule has 0 spiro atoms. The third kappa shape index (κ3) is 5.18. The fourth-order valence-corrected chi connectivity index (χ4v) is 1.83. The lowest BCUT2D eigenvalue weighted by Crippen LogP contribution is -2.14. The Balaban J connectivity index is 1.70. The van der Waals surface area contributed by atoms with Gasteiger partial charge in [-0.1, -0.05) is 0 Å². The Morgan fingerprint density at radius 3 is 2.48 bits per heavy atom. The van der Waals surface area contributed by atoms with Crippen LogP contribution in [0.3, 0.4) is 0 Å². The van der Waals surface area contributed by atoms with E-state index in [2.05, 4.69) is 4.98 Å². The highest BCUT2D eigenvalue weighted by molar-refractivity contribution is 5.81. The molecule has 21 heavy (non-hydrogen) atoms. The molecule has 6 heteroatoms. The van der Waals surface area contributed by atoms with Crippen LogP contribution < -0.4 is 16.2 Å². The number of ether oxygens (including phenoxy) is 3. The zero-order chi connectivity index (χ0) is 14.9. The normalized spacial score (nSPS) is 10.9. The maximum Gasteiger partial charge on any atom is 0.124 e. The summed E-state index contributed by atoms with van der Waals surface area (Å²) in [6, 6.07) is 9.40. The summed E-state index contributed by atoms with van der Waals surface area (Å²) in [4.78, 5) is 4.24. The van der Waals surface area contributed by atoms with E-state index in [1.165, 1.54) is 0 Å². The van der Waals surface area contributed by atoms with Crippen molar-refractivity contribution < 1.29 is 14.2 Å². The van der Waals surface area contributed by atoms with Crippen LogP contribution in [0, 0.1) is 0 Å². The Bertz CT molecular complexity index is 563. The molecule has 114 valence electrons. The molecule has 0 bridgehead atoms. The molecule has 1 aromatic carbocycles. The number of nitrogens with two attached hydrogens (primary N) is 2. The molecule has 1 heterocycles. The second kappa shape index (κ2) is 8.41. The molecule has 0 saturated heterocycles. The quantitative estimate of drug-likeness (QED) is 0.674. The third-order valence-electron chi connectivity index (χ3n) is 2.81. The van der Waals surface area contributed by atoms with Crippen LogP contribution in [0.25, 0.3) is 10.9 Å². The highest BCUT2D eigenvalue weighted by Crippen LogP contribution is 2.20. The van der Waals surface area contributed by atoms with Crippen LogP contribution in [0.15, 0.2) is 30.3 Å². The van der Waals surface area contributed by atoms with Crippen molar-refractivity contribution >= 4 is 16.7 Å². The van der Waals surface area contributed by atoms with Gasteiger partial charge in [0, 0.05) is 11.9 Å². The van der Waals surface area contributed by atoms with Crippen LogP contribution in [0.1, 0.15) is 0 Å². The minimum absolute atomic E-state index is 0.491. The van der Waals surface area contributed by atoms with E-state index in [4.69, 9.17) is 25.7 Å². The largest absolute Gasteiger partial charge is 0.491 e. The number of benzene rings is 1. The van der Waals surface area contributed by atoms with Gasteiger partial charge >= 0.3 is 0 Å². The summed E-state index contributed by atoms with van der Waals surface area (Å²) >= 11 is 0. The minimum Gasteiger partial charge on any atom is -0.491 e. The van der Waals surface area contributed by atoms with Gasteiger partial charge in [-0.15, -0.1) is 0 Å². The Labute approximate surface area is 124 Å². The van der Waals surface area contributed by atoms with E-state index in [9.17, 15) is 0 Å². The van der Waals surface area contributed by atoms with Crippen molar-refractivity contribution in [2.45, 2.75) is 0 Å². The number of anilines is 1. The summed E-state index contributed by atoms with van der Waals surface area (Å²) in [5.41, 5.74) is 11.8. The number of pyridine rings is 1. The van der Waals surface area contributed by atoms with Gasteiger partial charge in [-0.2, -0.15) is 0 Å². The number of fused-ring (bicyclic) bond motifs is 1. The van der Waals surface area contributed by atoms with Gasteiger partial charge in [-0.05, 0) is 30.3 Å². The Kier molecular flexibility index (Phi) is 6.21. The van der Waals surface area contributed by atoms with Crippen molar-refractivity contribution in [3.8, 4) is 5.75 Å². The van der Waals surface area contributed by atoms with Crippen LogP contribution in [0.5, 0.6) is 5.75 Å². The summed E-state index contributed by atoms with van der Waals surface area (Å²) in [5.74, 6) is 1.30. The molecule has 6 nitrogen and oxygen atoms in total. The second-order valence-electron chi connectivity index (χ2n) is 4.45. The molecule has 0 atom stereocenters. The number of nitrogens with zero attached hydrogens (tertiary/aromatic N) is 1. The maximum absolute atomic E-state index is 5.64. The van der Waals surface area contributed by atoms with Gasteiger partial charge in [0.15, 0.2) is 0 Å². The molecule has 2 aromatic rings. The molecule has 4 N–H and O–H groups in total. The second-order valence-corrected chi connectivity index (χ2v) is 4.45. The van der Waals surface area contributed by atoms with E-state index < -0.39 is 0 Å². The lowest BCUT2D eigenvalue weighted by atomic mass is 10.2. The van der Waals surface area contributed by atoms with Crippen LogP contribution >= 0.6 is 0 Å². The van der Waals surface area contributed by atoms with E-state index in [0.29, 0.717) is 45.4 Å². The molecule has 0 amide bonds. The SMILES string of the molecule is NCCOCCOCCOc1ccc2nc(N)ccc2c1. The van der Waals surface area contributed by atoms with Crippen LogP contribution in [0.4, 0.5) is 5.82 Å². The predicted octanol–water partition coefficient (Wildman–Crippen LogP) is 1.19. The van der Waals surface area contributed by atoms with Crippen molar-refractivity contribution in [1.29, 1.82) is 0 Å². The number of hydrogen-bond donors (Lipinski definition) is 2. The summed E-state index contributed by atoms with van der Waals surface area (Å²) in [5, 5.41) is 0.998. The topological polar surface area (TPSA) is 92.6 Å². The van der Waals surface area contributed by atoms with E-state index >= 15 is 0 Å². The average molecular weight is 291 g/mol. The summed E-state index contributed by atoms with van der Waals surface area (Å²) in [6.07, 6.45) is 0. The first-order chi connectivity index (χ1) is 10.3. The molecule has 0 aliphatic rings. The smallest absolute Gasteiger partial charge is 0.124 e. The van der Waals surface area contributed by atoms with Crippen LogP contribution in [-0.4, -0.2) is 44.6 Å². The zero-order valence-electron chi connectivity index (χ0n) is 12.0. The average Bonchev–Trinajstić information content (AvgIpc) is 2.50. The van der Waals surface area contributed by atoms with Gasteiger partial charge in [0.05, 0.1) is 31.9 Å². The summed E-state index contributed by atoms with van der Waals surface area (Å²) in [6.45, 7) is 3.21. The zero-order valence-corrected chi connectivity index (χ0v) is 12.0. The van der Waals surface area contributed by atoms with Crippen molar-refractivity contribution in [3.63, 3.8) is 0 Å². The highest BCUT2D eigenvalue weighted by atomic mass is 16.5. The minimum atomic E-state index is 0.491. The molecule has 0 unspecified atom stereocenters. The molecule has 0 radical (unpaired) electrons. The molecule has 0 saturated carbocycles. The fourth-order valence-electron chi connectivity index (χ4n) is 1.83. The highest BCUT2D eigenvalue weighted by Gasteiger charge is 1.99. The fraction of sp³-hybridized carbons (Fsp3) is 0.400. The molecular weight excluding hydrogens is 270 g/mol. The van der Waals surface area contributed by atoms with E-state index in [1.807, 2.05) is 24.3 Å². The Hall–Kier alpha value is -1.89. The molecule has 1 aromatic heterocycles. The number of hydrogen-bond acceptors (Lipinski definition) is 6. The van der Waals surface area contributed by atoms with Crippen molar-refractivity contribution in [2.75, 3.05) is 45.3 Å². The van der Waals surface area contributed by atoms with Gasteiger partial charge in [0.1, 0.15) is 18.2 Å². The van der Waals surface area contributed by atoms with Crippen LogP contribution in [-0.2, 0) is 9.47 Å². The van der Waals surface area contributed by atoms with E-state index in [-0.39, 0.29) is 0 Å². The van der Waals surface area contributed by atoms with Gasteiger partial charge in [-0.3, -0.25) is 0 Å². The van der Waals surface area contributed by atoms with E-state index in [0.717, 1.165) is 16.7 Å². The number of aromatic nitrogens is 1.